The summed E-state index contributed by atoms with van der Waals surface area (Å²) in [6.07, 6.45) is 2.49. The van der Waals surface area contributed by atoms with Gasteiger partial charge in [-0.25, -0.2) is 9.97 Å². The van der Waals surface area contributed by atoms with Crippen molar-refractivity contribution in [2.24, 2.45) is 0 Å². The molecule has 0 atom stereocenters. The molecule has 0 amide bonds. The molecule has 1 aromatic heterocycles. The van der Waals surface area contributed by atoms with Gasteiger partial charge in [0.15, 0.2) is 0 Å². The highest BCUT2D eigenvalue weighted by Crippen LogP contribution is 2.30. The topological polar surface area (TPSA) is 53.5 Å². The van der Waals surface area contributed by atoms with Gasteiger partial charge >= 0.3 is 0 Å². The van der Waals surface area contributed by atoms with Crippen LogP contribution in [0.1, 0.15) is 18.7 Å². The van der Waals surface area contributed by atoms with Gasteiger partial charge in [-0.15, -0.1) is 0 Å². The molecule has 0 radical (unpaired) electrons. The van der Waals surface area contributed by atoms with Crippen LogP contribution >= 0.6 is 0 Å². The van der Waals surface area contributed by atoms with Crippen LogP contribution in [0.15, 0.2) is 30.3 Å². The molecule has 1 saturated heterocycles. The van der Waals surface area contributed by atoms with E-state index in [1.54, 1.807) is 7.11 Å². The molecule has 0 unspecified atom stereocenters. The molecular formula is C19H25N5O. The van der Waals surface area contributed by atoms with E-state index < -0.39 is 0 Å². The van der Waals surface area contributed by atoms with Gasteiger partial charge in [0.05, 0.1) is 12.8 Å². The van der Waals surface area contributed by atoms with Crippen molar-refractivity contribution in [3.8, 4) is 5.75 Å². The van der Waals surface area contributed by atoms with E-state index in [2.05, 4.69) is 43.3 Å². The van der Waals surface area contributed by atoms with Crippen molar-refractivity contribution in [1.82, 2.24) is 9.97 Å². The fourth-order valence-electron chi connectivity index (χ4n) is 3.29. The van der Waals surface area contributed by atoms with Gasteiger partial charge in [0.25, 0.3) is 0 Å². The molecule has 1 saturated carbocycles. The highest BCUT2D eigenvalue weighted by molar-refractivity contribution is 5.60. The van der Waals surface area contributed by atoms with Gasteiger partial charge in [0.1, 0.15) is 23.2 Å². The van der Waals surface area contributed by atoms with Gasteiger partial charge < -0.3 is 19.9 Å². The van der Waals surface area contributed by atoms with Crippen molar-refractivity contribution in [3.63, 3.8) is 0 Å². The molecule has 0 bridgehead atoms. The Morgan fingerprint density at radius 3 is 2.48 bits per heavy atom. The lowest BCUT2D eigenvalue weighted by Crippen LogP contribution is -2.47. The Labute approximate surface area is 148 Å². The van der Waals surface area contributed by atoms with E-state index in [9.17, 15) is 0 Å². The Kier molecular flexibility index (Phi) is 4.34. The second kappa shape index (κ2) is 6.78. The minimum atomic E-state index is 0.601. The number of piperazine rings is 1. The molecule has 4 rings (SSSR count). The zero-order valence-corrected chi connectivity index (χ0v) is 14.9. The number of para-hydroxylation sites is 2. The van der Waals surface area contributed by atoms with Gasteiger partial charge in [-0.05, 0) is 31.9 Å². The predicted octanol–water partition coefficient (Wildman–Crippen LogP) is 2.69. The van der Waals surface area contributed by atoms with Crippen LogP contribution in [0.2, 0.25) is 0 Å². The van der Waals surface area contributed by atoms with Crippen LogP contribution in [0.5, 0.6) is 5.75 Å². The molecule has 1 N–H and O–H groups in total. The number of methoxy groups -OCH3 is 1. The summed E-state index contributed by atoms with van der Waals surface area (Å²) in [4.78, 5) is 13.9. The van der Waals surface area contributed by atoms with Crippen LogP contribution in [-0.2, 0) is 0 Å². The first kappa shape index (κ1) is 16.0. The number of nitrogens with one attached hydrogen (secondary N) is 1. The molecular weight excluding hydrogens is 314 g/mol. The van der Waals surface area contributed by atoms with Crippen molar-refractivity contribution >= 4 is 17.3 Å². The lowest BCUT2D eigenvalue weighted by molar-refractivity contribution is 0.413. The molecule has 2 heterocycles. The Morgan fingerprint density at radius 1 is 1.04 bits per heavy atom. The first-order chi connectivity index (χ1) is 12.2. The Bertz CT molecular complexity index is 738. The van der Waals surface area contributed by atoms with Crippen LogP contribution < -0.4 is 19.9 Å². The number of aryl methyl sites for hydroxylation is 1. The van der Waals surface area contributed by atoms with Crippen molar-refractivity contribution in [2.45, 2.75) is 25.8 Å². The normalized spacial score (nSPS) is 17.5. The Hall–Kier alpha value is -2.50. The van der Waals surface area contributed by atoms with E-state index in [0.29, 0.717) is 6.04 Å². The summed E-state index contributed by atoms with van der Waals surface area (Å²) in [6.45, 7) is 5.75. The molecule has 1 aromatic carbocycles. The Morgan fingerprint density at radius 2 is 1.76 bits per heavy atom. The molecule has 1 aliphatic heterocycles. The minimum Gasteiger partial charge on any atom is -0.495 e. The number of anilines is 3. The van der Waals surface area contributed by atoms with Crippen molar-refractivity contribution < 1.29 is 4.74 Å². The van der Waals surface area contributed by atoms with Gasteiger partial charge in [-0.3, -0.25) is 0 Å². The highest BCUT2D eigenvalue weighted by atomic mass is 16.5. The summed E-state index contributed by atoms with van der Waals surface area (Å²) in [5.41, 5.74) is 1.17. The Balaban J connectivity index is 1.45. The lowest BCUT2D eigenvalue weighted by atomic mass is 10.2. The van der Waals surface area contributed by atoms with Gasteiger partial charge in [-0.1, -0.05) is 12.1 Å². The fraction of sp³-hybridized carbons (Fsp3) is 0.474. The maximum atomic E-state index is 5.50. The van der Waals surface area contributed by atoms with Gasteiger partial charge in [0, 0.05) is 38.3 Å². The zero-order valence-electron chi connectivity index (χ0n) is 14.9. The number of rotatable bonds is 5. The summed E-state index contributed by atoms with van der Waals surface area (Å²) in [7, 11) is 1.73. The lowest BCUT2D eigenvalue weighted by Gasteiger charge is -2.37. The largest absolute Gasteiger partial charge is 0.495 e. The number of ether oxygens (including phenoxy) is 1. The molecule has 2 fully saturated rings. The number of benzene rings is 1. The monoisotopic (exact) mass is 339 g/mol. The summed E-state index contributed by atoms with van der Waals surface area (Å²) in [5.74, 6) is 3.74. The van der Waals surface area contributed by atoms with Crippen LogP contribution in [0.25, 0.3) is 0 Å². The van der Waals surface area contributed by atoms with E-state index >= 15 is 0 Å². The molecule has 0 spiro atoms. The van der Waals surface area contributed by atoms with Crippen LogP contribution in [0.3, 0.4) is 0 Å². The predicted molar refractivity (Wildman–Crippen MR) is 101 cm³/mol. The zero-order chi connectivity index (χ0) is 17.2. The quantitative estimate of drug-likeness (QED) is 0.904. The van der Waals surface area contributed by atoms with E-state index in [1.165, 1.54) is 18.5 Å². The fourth-order valence-corrected chi connectivity index (χ4v) is 3.29. The average Bonchev–Trinajstić information content (AvgIpc) is 3.45. The van der Waals surface area contributed by atoms with Gasteiger partial charge in [-0.2, -0.15) is 0 Å². The van der Waals surface area contributed by atoms with E-state index in [1.807, 2.05) is 19.1 Å². The molecule has 6 heteroatoms. The highest BCUT2D eigenvalue weighted by Gasteiger charge is 2.24. The maximum absolute atomic E-state index is 5.50. The standard InChI is InChI=1S/C19H25N5O/c1-14-20-18(22-15-7-8-15)13-19(21-14)24-11-9-23(10-12-24)16-5-3-4-6-17(16)25-2/h3-6,13,15H,7-12H2,1-2H3,(H,20,21,22). The first-order valence-electron chi connectivity index (χ1n) is 8.98. The number of aromatic nitrogens is 2. The molecule has 1 aliphatic carbocycles. The second-order valence-electron chi connectivity index (χ2n) is 6.72. The van der Waals surface area contributed by atoms with Crippen LogP contribution in [-0.4, -0.2) is 49.3 Å². The summed E-state index contributed by atoms with van der Waals surface area (Å²) in [6, 6.07) is 10.9. The minimum absolute atomic E-state index is 0.601. The molecule has 132 valence electrons. The van der Waals surface area contributed by atoms with E-state index in [4.69, 9.17) is 4.74 Å². The van der Waals surface area contributed by atoms with Crippen LogP contribution in [0, 0.1) is 6.92 Å². The molecule has 2 aliphatic rings. The molecule has 2 aromatic rings. The number of hydrogen-bond acceptors (Lipinski definition) is 6. The third kappa shape index (κ3) is 3.62. The third-order valence-electron chi connectivity index (χ3n) is 4.78. The summed E-state index contributed by atoms with van der Waals surface area (Å²) >= 11 is 0. The average molecular weight is 339 g/mol. The number of hydrogen-bond donors (Lipinski definition) is 1. The molecule has 6 nitrogen and oxygen atoms in total. The smallest absolute Gasteiger partial charge is 0.142 e. The van der Waals surface area contributed by atoms with Crippen molar-refractivity contribution in [1.29, 1.82) is 0 Å². The van der Waals surface area contributed by atoms with Crippen LogP contribution in [0.4, 0.5) is 17.3 Å². The van der Waals surface area contributed by atoms with Crippen molar-refractivity contribution in [2.75, 3.05) is 48.4 Å². The first-order valence-corrected chi connectivity index (χ1v) is 8.98. The molecule has 25 heavy (non-hydrogen) atoms. The van der Waals surface area contributed by atoms with E-state index in [0.717, 1.165) is 49.4 Å². The number of nitrogens with zero attached hydrogens (tertiary/aromatic N) is 4. The van der Waals surface area contributed by atoms with E-state index in [-0.39, 0.29) is 0 Å². The third-order valence-corrected chi connectivity index (χ3v) is 4.78. The summed E-state index contributed by atoms with van der Waals surface area (Å²) in [5, 5.41) is 3.48. The van der Waals surface area contributed by atoms with Gasteiger partial charge in [0.2, 0.25) is 0 Å². The SMILES string of the molecule is COc1ccccc1N1CCN(c2cc(NC3CC3)nc(C)n2)CC1. The van der Waals surface area contributed by atoms with Crippen molar-refractivity contribution in [3.05, 3.63) is 36.2 Å². The second-order valence-corrected chi connectivity index (χ2v) is 6.72. The summed E-state index contributed by atoms with van der Waals surface area (Å²) < 4.78 is 5.50. The maximum Gasteiger partial charge on any atom is 0.142 e.